The minimum absolute atomic E-state index is 0.0402. The van der Waals surface area contributed by atoms with Crippen LogP contribution in [0.4, 0.5) is 0 Å². The third-order valence-corrected chi connectivity index (χ3v) is 5.41. The van der Waals surface area contributed by atoms with Crippen LogP contribution in [0.25, 0.3) is 6.08 Å². The second kappa shape index (κ2) is 10.6. The minimum atomic E-state index is -1.20. The van der Waals surface area contributed by atoms with E-state index in [9.17, 15) is 24.6 Å². The number of nitrogens with one attached hydrogen (secondary N) is 1. The SMILES string of the molecule is COc1cccc(C=C2Oc3cc(OCC(=O)N[C@H](Cc4ccc(O)cc4)C(=O)O)ccc3C2=O)c1. The molecule has 0 spiro atoms. The van der Waals surface area contributed by atoms with Crippen molar-refractivity contribution in [3.05, 3.63) is 89.2 Å². The molecule has 0 bridgehead atoms. The summed E-state index contributed by atoms with van der Waals surface area (Å²) in [5, 5.41) is 21.2. The topological polar surface area (TPSA) is 131 Å². The fourth-order valence-electron chi connectivity index (χ4n) is 3.59. The van der Waals surface area contributed by atoms with Crippen LogP contribution < -0.4 is 19.5 Å². The van der Waals surface area contributed by atoms with Crippen LogP contribution in [-0.4, -0.2) is 47.6 Å². The first kappa shape index (κ1) is 24.3. The molecule has 1 aliphatic heterocycles. The fraction of sp³-hybridized carbons (Fsp3) is 0.148. The van der Waals surface area contributed by atoms with Gasteiger partial charge in [-0.25, -0.2) is 4.79 Å². The van der Waals surface area contributed by atoms with Crippen molar-refractivity contribution in [2.45, 2.75) is 12.5 Å². The summed E-state index contributed by atoms with van der Waals surface area (Å²) in [7, 11) is 1.55. The van der Waals surface area contributed by atoms with Crippen molar-refractivity contribution < 1.29 is 38.8 Å². The van der Waals surface area contributed by atoms with E-state index >= 15 is 0 Å². The number of allylic oxidation sites excluding steroid dienone is 1. The summed E-state index contributed by atoms with van der Waals surface area (Å²) < 4.78 is 16.4. The zero-order valence-electron chi connectivity index (χ0n) is 19.3. The number of ketones is 1. The van der Waals surface area contributed by atoms with Crippen molar-refractivity contribution in [1.29, 1.82) is 0 Å². The Labute approximate surface area is 206 Å². The van der Waals surface area contributed by atoms with Gasteiger partial charge >= 0.3 is 5.97 Å². The van der Waals surface area contributed by atoms with E-state index in [4.69, 9.17) is 14.2 Å². The highest BCUT2D eigenvalue weighted by molar-refractivity contribution is 6.14. The van der Waals surface area contributed by atoms with Crippen LogP contribution >= 0.6 is 0 Å². The van der Waals surface area contributed by atoms with Crippen LogP contribution in [0.15, 0.2) is 72.5 Å². The first-order valence-corrected chi connectivity index (χ1v) is 11.0. The molecule has 3 N–H and O–H groups in total. The summed E-state index contributed by atoms with van der Waals surface area (Å²) >= 11 is 0. The summed E-state index contributed by atoms with van der Waals surface area (Å²) in [5.74, 6) is -0.677. The molecule has 36 heavy (non-hydrogen) atoms. The number of benzene rings is 3. The Morgan fingerprint density at radius 3 is 2.56 bits per heavy atom. The molecule has 1 heterocycles. The number of carbonyl (C=O) groups is 3. The number of rotatable bonds is 9. The molecule has 184 valence electrons. The smallest absolute Gasteiger partial charge is 0.326 e. The van der Waals surface area contributed by atoms with Gasteiger partial charge in [-0.1, -0.05) is 24.3 Å². The van der Waals surface area contributed by atoms with Crippen LogP contribution in [0.5, 0.6) is 23.0 Å². The quantitative estimate of drug-likeness (QED) is 0.391. The van der Waals surface area contributed by atoms with Gasteiger partial charge in [0, 0.05) is 12.5 Å². The second-order valence-electron chi connectivity index (χ2n) is 7.99. The summed E-state index contributed by atoms with van der Waals surface area (Å²) in [4.78, 5) is 36.6. The maximum Gasteiger partial charge on any atom is 0.326 e. The highest BCUT2D eigenvalue weighted by Gasteiger charge is 2.28. The summed E-state index contributed by atoms with van der Waals surface area (Å²) in [6.07, 6.45) is 1.65. The number of carbonyl (C=O) groups excluding carboxylic acids is 2. The zero-order chi connectivity index (χ0) is 25.7. The number of aromatic hydroxyl groups is 1. The Hall–Kier alpha value is -4.79. The molecule has 9 nitrogen and oxygen atoms in total. The van der Waals surface area contributed by atoms with Gasteiger partial charge in [0.15, 0.2) is 12.4 Å². The average molecular weight is 489 g/mol. The lowest BCUT2D eigenvalue weighted by atomic mass is 10.1. The van der Waals surface area contributed by atoms with Gasteiger partial charge in [0.25, 0.3) is 5.91 Å². The molecule has 4 rings (SSSR count). The molecule has 0 saturated heterocycles. The maximum atomic E-state index is 12.7. The van der Waals surface area contributed by atoms with Gasteiger partial charge in [0.2, 0.25) is 5.78 Å². The van der Waals surface area contributed by atoms with Crippen LogP contribution in [0, 0.1) is 0 Å². The van der Waals surface area contributed by atoms with Gasteiger partial charge < -0.3 is 29.7 Å². The molecule has 9 heteroatoms. The van der Waals surface area contributed by atoms with Gasteiger partial charge in [-0.15, -0.1) is 0 Å². The van der Waals surface area contributed by atoms with E-state index in [2.05, 4.69) is 5.32 Å². The first-order valence-electron chi connectivity index (χ1n) is 11.0. The molecule has 3 aromatic rings. The van der Waals surface area contributed by atoms with Crippen molar-refractivity contribution in [2.75, 3.05) is 13.7 Å². The highest BCUT2D eigenvalue weighted by atomic mass is 16.5. The van der Waals surface area contributed by atoms with E-state index in [1.165, 1.54) is 24.3 Å². The first-order chi connectivity index (χ1) is 17.3. The molecule has 1 atom stereocenters. The molecular formula is C27H23NO8. The summed E-state index contributed by atoms with van der Waals surface area (Å²) in [6, 6.07) is 16.6. The predicted molar refractivity (Wildman–Crippen MR) is 129 cm³/mol. The molecule has 0 aliphatic carbocycles. The number of fused-ring (bicyclic) bond motifs is 1. The molecule has 3 aromatic carbocycles. The van der Waals surface area contributed by atoms with E-state index in [0.717, 1.165) is 5.56 Å². The Balaban J connectivity index is 1.37. The standard InChI is InChI=1S/C27H23NO8/c1-34-19-4-2-3-17(11-19)13-24-26(31)21-10-9-20(14-23(21)36-24)35-15-25(30)28-22(27(32)33)12-16-5-7-18(29)8-6-16/h2-11,13-14,22,29H,12,15H2,1H3,(H,28,30)(H,32,33)/t22-/m1/s1. The number of carboxylic acid groups (broad SMARTS) is 1. The Morgan fingerprint density at radius 1 is 1.06 bits per heavy atom. The van der Waals surface area contributed by atoms with Crippen molar-refractivity contribution in [1.82, 2.24) is 5.32 Å². The molecular weight excluding hydrogens is 466 g/mol. The van der Waals surface area contributed by atoms with Crippen LogP contribution in [0.1, 0.15) is 21.5 Å². The van der Waals surface area contributed by atoms with Crippen molar-refractivity contribution in [3.63, 3.8) is 0 Å². The van der Waals surface area contributed by atoms with E-state index in [1.807, 2.05) is 6.07 Å². The molecule has 0 fully saturated rings. The average Bonchev–Trinajstić information content (AvgIpc) is 3.17. The number of hydrogen-bond donors (Lipinski definition) is 3. The van der Waals surface area contributed by atoms with Crippen LogP contribution in [0.3, 0.4) is 0 Å². The lowest BCUT2D eigenvalue weighted by Crippen LogP contribution is -2.44. The number of ether oxygens (including phenoxy) is 3. The fourth-order valence-corrected chi connectivity index (χ4v) is 3.59. The predicted octanol–water partition coefficient (Wildman–Crippen LogP) is 3.21. The molecule has 1 amide bonds. The van der Waals surface area contributed by atoms with Crippen molar-refractivity contribution in [3.8, 4) is 23.0 Å². The lowest BCUT2D eigenvalue weighted by Gasteiger charge is -2.15. The third-order valence-electron chi connectivity index (χ3n) is 5.41. The van der Waals surface area contributed by atoms with Gasteiger partial charge in [0.05, 0.1) is 12.7 Å². The van der Waals surface area contributed by atoms with Gasteiger partial charge in [0.1, 0.15) is 29.0 Å². The molecule has 0 unspecified atom stereocenters. The van der Waals surface area contributed by atoms with Gasteiger partial charge in [-0.05, 0) is 53.6 Å². The second-order valence-corrected chi connectivity index (χ2v) is 7.99. The Bertz CT molecular complexity index is 1330. The third kappa shape index (κ3) is 5.82. The van der Waals surface area contributed by atoms with E-state index in [-0.39, 0.29) is 29.5 Å². The monoisotopic (exact) mass is 489 g/mol. The normalized spacial score (nSPS) is 14.0. The number of carboxylic acids is 1. The number of amides is 1. The molecule has 0 aromatic heterocycles. The van der Waals surface area contributed by atoms with Crippen molar-refractivity contribution in [2.24, 2.45) is 0 Å². The molecule has 0 radical (unpaired) electrons. The van der Waals surface area contributed by atoms with Gasteiger partial charge in [-0.2, -0.15) is 0 Å². The number of Topliss-reactive ketones (excluding diaryl/α,β-unsaturated/α-hetero) is 1. The largest absolute Gasteiger partial charge is 0.508 e. The number of phenolic OH excluding ortho intramolecular Hbond substituents is 1. The molecule has 0 saturated carbocycles. The van der Waals surface area contributed by atoms with E-state index in [0.29, 0.717) is 22.6 Å². The molecule has 1 aliphatic rings. The highest BCUT2D eigenvalue weighted by Crippen LogP contribution is 2.35. The van der Waals surface area contributed by atoms with Crippen LogP contribution in [-0.2, 0) is 16.0 Å². The number of phenols is 1. The Kier molecular flexibility index (Phi) is 7.20. The van der Waals surface area contributed by atoms with Crippen molar-refractivity contribution >= 4 is 23.7 Å². The van der Waals surface area contributed by atoms with Gasteiger partial charge in [-0.3, -0.25) is 9.59 Å². The van der Waals surface area contributed by atoms with E-state index < -0.39 is 24.5 Å². The minimum Gasteiger partial charge on any atom is -0.508 e. The van der Waals surface area contributed by atoms with E-state index in [1.54, 1.807) is 49.6 Å². The number of aliphatic carboxylic acids is 1. The Morgan fingerprint density at radius 2 is 1.83 bits per heavy atom. The maximum absolute atomic E-state index is 12.7. The summed E-state index contributed by atoms with van der Waals surface area (Å²) in [6.45, 7) is -0.432. The summed E-state index contributed by atoms with van der Waals surface area (Å²) in [5.41, 5.74) is 1.74. The zero-order valence-corrected chi connectivity index (χ0v) is 19.3. The lowest BCUT2D eigenvalue weighted by molar-refractivity contribution is -0.142. The number of hydrogen-bond acceptors (Lipinski definition) is 7. The number of methoxy groups -OCH3 is 1. The van der Waals surface area contributed by atoms with Crippen LogP contribution in [0.2, 0.25) is 0 Å².